The molecule has 4 aliphatic rings. The van der Waals surface area contributed by atoms with Gasteiger partial charge in [-0.3, -0.25) is 4.79 Å². The third-order valence-corrected chi connectivity index (χ3v) is 6.32. The van der Waals surface area contributed by atoms with Crippen LogP contribution in [0.4, 0.5) is 0 Å². The van der Waals surface area contributed by atoms with Gasteiger partial charge in [-0.15, -0.1) is 0 Å². The summed E-state index contributed by atoms with van der Waals surface area (Å²) in [6, 6.07) is 0. The fourth-order valence-corrected chi connectivity index (χ4v) is 5.19. The van der Waals surface area contributed by atoms with Gasteiger partial charge in [0.2, 0.25) is 0 Å². The Morgan fingerprint density at radius 2 is 2.19 bits per heavy atom. The van der Waals surface area contributed by atoms with Gasteiger partial charge >= 0.3 is 5.97 Å². The van der Waals surface area contributed by atoms with Crippen LogP contribution in [0, 0.1) is 17.8 Å². The van der Waals surface area contributed by atoms with Crippen molar-refractivity contribution in [3.05, 3.63) is 11.6 Å². The molecule has 0 aromatic rings. The Morgan fingerprint density at radius 3 is 2.90 bits per heavy atom. The normalized spacial score (nSPS) is 50.9. The number of esters is 1. The van der Waals surface area contributed by atoms with E-state index in [1.165, 1.54) is 5.57 Å². The molecule has 6 atom stereocenters. The SMILES string of the molecule is CC1=CC[C@]23O[C@]2(C)CC[C@@H]2[C@H](OC(=O)[C@H]2CN(C)C)[C@@H]13. The maximum Gasteiger partial charge on any atom is 0.310 e. The first-order chi connectivity index (χ1) is 9.88. The molecule has 4 nitrogen and oxygen atoms in total. The summed E-state index contributed by atoms with van der Waals surface area (Å²) in [6.45, 7) is 5.22. The predicted molar refractivity (Wildman–Crippen MR) is 78.7 cm³/mol. The Kier molecular flexibility index (Phi) is 2.69. The highest BCUT2D eigenvalue weighted by Gasteiger charge is 2.75. The third kappa shape index (κ3) is 1.66. The van der Waals surface area contributed by atoms with E-state index in [-0.39, 0.29) is 35.1 Å². The Morgan fingerprint density at radius 1 is 1.43 bits per heavy atom. The van der Waals surface area contributed by atoms with Gasteiger partial charge in [-0.05, 0) is 47.2 Å². The zero-order chi connectivity index (χ0) is 15.0. The molecule has 0 radical (unpaired) electrons. The number of carbonyl (C=O) groups is 1. The van der Waals surface area contributed by atoms with E-state index < -0.39 is 0 Å². The Balaban J connectivity index is 1.69. The van der Waals surface area contributed by atoms with Gasteiger partial charge < -0.3 is 14.4 Å². The van der Waals surface area contributed by atoms with E-state index in [4.69, 9.17) is 9.47 Å². The molecule has 0 bridgehead atoms. The number of epoxide rings is 1. The van der Waals surface area contributed by atoms with Crippen molar-refractivity contribution in [3.8, 4) is 0 Å². The molecule has 21 heavy (non-hydrogen) atoms. The Hall–Kier alpha value is -0.870. The molecule has 0 N–H and O–H groups in total. The van der Waals surface area contributed by atoms with Gasteiger partial charge in [0, 0.05) is 18.4 Å². The summed E-state index contributed by atoms with van der Waals surface area (Å²) in [7, 11) is 4.06. The Bertz CT molecular complexity index is 528. The average molecular weight is 291 g/mol. The van der Waals surface area contributed by atoms with Crippen LogP contribution < -0.4 is 0 Å². The summed E-state index contributed by atoms with van der Waals surface area (Å²) in [5.74, 6) is 0.636. The van der Waals surface area contributed by atoms with E-state index in [0.717, 1.165) is 25.8 Å². The number of nitrogens with zero attached hydrogens (tertiary/aromatic N) is 1. The molecule has 4 rings (SSSR count). The van der Waals surface area contributed by atoms with Crippen molar-refractivity contribution in [2.75, 3.05) is 20.6 Å². The first-order valence-electron chi connectivity index (χ1n) is 8.10. The quantitative estimate of drug-likeness (QED) is 0.443. The first-order valence-corrected chi connectivity index (χ1v) is 8.10. The van der Waals surface area contributed by atoms with Crippen molar-refractivity contribution >= 4 is 5.97 Å². The van der Waals surface area contributed by atoms with Crippen LogP contribution in [0.5, 0.6) is 0 Å². The number of ether oxygens (including phenoxy) is 2. The zero-order valence-corrected chi connectivity index (χ0v) is 13.4. The molecule has 2 aliphatic carbocycles. The minimum absolute atomic E-state index is 0.00203. The third-order valence-electron chi connectivity index (χ3n) is 6.32. The van der Waals surface area contributed by atoms with Gasteiger partial charge in [0.25, 0.3) is 0 Å². The van der Waals surface area contributed by atoms with Crippen molar-refractivity contribution < 1.29 is 14.3 Å². The Labute approximate surface area is 126 Å². The largest absolute Gasteiger partial charge is 0.461 e. The second-order valence-corrected chi connectivity index (χ2v) is 7.83. The summed E-state index contributed by atoms with van der Waals surface area (Å²) < 4.78 is 12.1. The van der Waals surface area contributed by atoms with E-state index in [0.29, 0.717) is 5.92 Å². The maximum atomic E-state index is 12.4. The summed E-state index contributed by atoms with van der Waals surface area (Å²) >= 11 is 0. The second-order valence-electron chi connectivity index (χ2n) is 7.83. The number of hydrogen-bond donors (Lipinski definition) is 0. The molecule has 0 aromatic carbocycles. The van der Waals surface area contributed by atoms with Crippen molar-refractivity contribution in [2.24, 2.45) is 17.8 Å². The number of rotatable bonds is 2. The molecule has 2 aliphatic heterocycles. The smallest absolute Gasteiger partial charge is 0.310 e. The zero-order valence-electron chi connectivity index (χ0n) is 13.4. The molecule has 0 amide bonds. The minimum atomic E-state index is -0.0796. The van der Waals surface area contributed by atoms with E-state index in [1.54, 1.807) is 0 Å². The summed E-state index contributed by atoms with van der Waals surface area (Å²) in [6.07, 6.45) is 5.39. The molecule has 4 heteroatoms. The molecular weight excluding hydrogens is 266 g/mol. The maximum absolute atomic E-state index is 12.4. The monoisotopic (exact) mass is 291 g/mol. The van der Waals surface area contributed by atoms with E-state index in [2.05, 4.69) is 24.8 Å². The van der Waals surface area contributed by atoms with Crippen LogP contribution in [-0.4, -0.2) is 48.8 Å². The number of fused-ring (bicyclic) bond motifs is 2. The van der Waals surface area contributed by atoms with Crippen LogP contribution in [0.3, 0.4) is 0 Å². The van der Waals surface area contributed by atoms with Crippen LogP contribution in [-0.2, 0) is 14.3 Å². The average Bonchev–Trinajstić information content (AvgIpc) is 2.71. The molecule has 0 unspecified atom stereocenters. The van der Waals surface area contributed by atoms with Gasteiger partial charge in [0.1, 0.15) is 11.7 Å². The van der Waals surface area contributed by atoms with Crippen LogP contribution in [0.1, 0.15) is 33.1 Å². The summed E-state index contributed by atoms with van der Waals surface area (Å²) in [5, 5.41) is 0. The fraction of sp³-hybridized carbons (Fsp3) is 0.824. The standard InChI is InChI=1S/C17H25NO3/c1-10-5-8-17-13(10)14-11(6-7-16(17,2)21-17)12(9-18(3)4)15(19)20-14/h5,11-14H,6-9H2,1-4H3/t11-,12-,13+,14-,16+,17+/m0/s1. The van der Waals surface area contributed by atoms with Gasteiger partial charge in [0.15, 0.2) is 0 Å². The van der Waals surface area contributed by atoms with Gasteiger partial charge in [-0.1, -0.05) is 11.6 Å². The van der Waals surface area contributed by atoms with Crippen LogP contribution in [0.2, 0.25) is 0 Å². The highest BCUT2D eigenvalue weighted by Crippen LogP contribution is 2.67. The van der Waals surface area contributed by atoms with Crippen molar-refractivity contribution in [3.63, 3.8) is 0 Å². The molecule has 3 fully saturated rings. The highest BCUT2D eigenvalue weighted by molar-refractivity contribution is 5.76. The molecular formula is C17H25NO3. The predicted octanol–water partition coefficient (Wildman–Crippen LogP) is 1.99. The molecule has 1 saturated carbocycles. The number of hydrogen-bond acceptors (Lipinski definition) is 4. The van der Waals surface area contributed by atoms with Gasteiger partial charge in [-0.2, -0.15) is 0 Å². The lowest BCUT2D eigenvalue weighted by molar-refractivity contribution is -0.146. The first kappa shape index (κ1) is 13.8. The summed E-state index contributed by atoms with van der Waals surface area (Å²) in [5.41, 5.74) is 1.27. The van der Waals surface area contributed by atoms with Crippen molar-refractivity contribution in [2.45, 2.75) is 50.4 Å². The molecule has 2 heterocycles. The number of carbonyl (C=O) groups excluding carboxylic acids is 1. The van der Waals surface area contributed by atoms with E-state index in [9.17, 15) is 4.79 Å². The lowest BCUT2D eigenvalue weighted by atomic mass is 9.77. The topological polar surface area (TPSA) is 42.1 Å². The van der Waals surface area contributed by atoms with Crippen molar-refractivity contribution in [1.82, 2.24) is 4.90 Å². The summed E-state index contributed by atoms with van der Waals surface area (Å²) in [4.78, 5) is 14.5. The van der Waals surface area contributed by atoms with Crippen molar-refractivity contribution in [1.29, 1.82) is 0 Å². The van der Waals surface area contributed by atoms with Crippen LogP contribution >= 0.6 is 0 Å². The van der Waals surface area contributed by atoms with Gasteiger partial charge in [0.05, 0.1) is 11.5 Å². The van der Waals surface area contributed by atoms with Crippen LogP contribution in [0.25, 0.3) is 0 Å². The lowest BCUT2D eigenvalue weighted by Crippen LogP contribution is -2.38. The van der Waals surface area contributed by atoms with Crippen LogP contribution in [0.15, 0.2) is 11.6 Å². The fourth-order valence-electron chi connectivity index (χ4n) is 5.19. The molecule has 1 spiro atoms. The second kappa shape index (κ2) is 4.11. The highest BCUT2D eigenvalue weighted by atomic mass is 16.6. The van der Waals surface area contributed by atoms with Gasteiger partial charge in [-0.25, -0.2) is 0 Å². The molecule has 2 saturated heterocycles. The van der Waals surface area contributed by atoms with E-state index >= 15 is 0 Å². The van der Waals surface area contributed by atoms with E-state index in [1.807, 2.05) is 14.1 Å². The lowest BCUT2D eigenvalue weighted by Gasteiger charge is -2.28. The minimum Gasteiger partial charge on any atom is -0.461 e. The molecule has 116 valence electrons. The molecule has 0 aromatic heterocycles.